The van der Waals surface area contributed by atoms with E-state index in [2.05, 4.69) is 4.98 Å². The molecule has 1 aromatic carbocycles. The van der Waals surface area contributed by atoms with Gasteiger partial charge < -0.3 is 43.3 Å². The van der Waals surface area contributed by atoms with Crippen LogP contribution in [0.5, 0.6) is 5.75 Å². The fraction of sp³-hybridized carbons (Fsp3) is 0.711. The van der Waals surface area contributed by atoms with Crippen molar-refractivity contribution in [1.29, 1.82) is 0 Å². The predicted molar refractivity (Wildman–Crippen MR) is 221 cm³/mol. The Labute approximate surface area is 349 Å². The third-order valence-electron chi connectivity index (χ3n) is 13.3. The zero-order valence-corrected chi connectivity index (χ0v) is 37.1. The fourth-order valence-electron chi connectivity index (χ4n) is 9.90. The molecule has 3 saturated heterocycles. The molecule has 1 amide bonds. The van der Waals surface area contributed by atoms with Crippen LogP contribution >= 0.6 is 0 Å². The molecule has 5 rings (SSSR count). The molecule has 0 bridgehead atoms. The molecule has 2 aromatic rings. The fourth-order valence-corrected chi connectivity index (χ4v) is 9.90. The van der Waals surface area contributed by atoms with Crippen molar-refractivity contribution >= 4 is 34.5 Å². The number of ether oxygens (including phenoxy) is 6. The van der Waals surface area contributed by atoms with Crippen LogP contribution in [-0.2, 0) is 44.5 Å². The Morgan fingerprint density at radius 3 is 2.34 bits per heavy atom. The van der Waals surface area contributed by atoms with E-state index < -0.39 is 83.4 Å². The van der Waals surface area contributed by atoms with E-state index in [4.69, 9.17) is 28.4 Å². The minimum absolute atomic E-state index is 0.128. The molecule has 14 nitrogen and oxygen atoms in total. The highest BCUT2D eigenvalue weighted by Gasteiger charge is 2.60. The number of esters is 1. The molecule has 13 atom stereocenters. The number of ketones is 2. The average Bonchev–Trinajstić information content (AvgIpc) is 3.47. The van der Waals surface area contributed by atoms with Gasteiger partial charge in [0.2, 0.25) is 0 Å². The minimum atomic E-state index is -1.41. The van der Waals surface area contributed by atoms with E-state index in [1.807, 2.05) is 64.0 Å². The number of hydrogen-bond donors (Lipinski definition) is 1. The lowest BCUT2D eigenvalue weighted by Gasteiger charge is -2.47. The first-order valence-corrected chi connectivity index (χ1v) is 21.2. The molecule has 1 N–H and O–H groups in total. The van der Waals surface area contributed by atoms with Gasteiger partial charge in [-0.15, -0.1) is 0 Å². The van der Waals surface area contributed by atoms with Crippen LogP contribution in [-0.4, -0.2) is 132 Å². The number of pyridine rings is 1. The number of unbranched alkanes of at least 4 members (excludes halogenated alkanes) is 1. The standard InChI is InChI=1S/C45H67N3O11/c1-13-34-45(8)39(48(43(53)59-45)22-15-14-17-30-20-21-46-35-31(30)18-16-19-33(35)54-11)27(4)36(49)25(2)24-44(7,55-12)40(28(5)37(50)29(6)41(52)57-34)58-42-38(51)32(47(9)10)23-26(3)56-42/h16,18-21,25-29,32,34,38-40,42,51H,13-15,17,22-24H2,1-12H3/t25-,26-,27+,28+,29-,32+,34?,38-,39-,40-,42+,44-,45-/m1/s1. The Morgan fingerprint density at radius 1 is 0.983 bits per heavy atom. The molecule has 59 heavy (non-hydrogen) atoms. The number of carbonyl (C=O) groups excluding carboxylic acids is 4. The molecule has 0 aliphatic carbocycles. The number of fused-ring (bicyclic) bond motifs is 2. The number of para-hydroxylation sites is 1. The predicted octanol–water partition coefficient (Wildman–Crippen LogP) is 5.77. The third kappa shape index (κ3) is 9.31. The summed E-state index contributed by atoms with van der Waals surface area (Å²) in [5.74, 6) is -4.26. The number of amides is 1. The van der Waals surface area contributed by atoms with Crippen molar-refractivity contribution in [2.45, 2.75) is 148 Å². The lowest BCUT2D eigenvalue weighted by Crippen LogP contribution is -2.60. The van der Waals surface area contributed by atoms with Gasteiger partial charge in [0.15, 0.2) is 17.7 Å². The average molecular weight is 826 g/mol. The number of nitrogens with zero attached hydrogens (tertiary/aromatic N) is 3. The van der Waals surface area contributed by atoms with Crippen molar-refractivity contribution in [2.24, 2.45) is 23.7 Å². The number of cyclic esters (lactones) is 1. The van der Waals surface area contributed by atoms with Gasteiger partial charge >= 0.3 is 12.1 Å². The van der Waals surface area contributed by atoms with Crippen molar-refractivity contribution in [2.75, 3.05) is 34.9 Å². The number of benzene rings is 1. The summed E-state index contributed by atoms with van der Waals surface area (Å²) in [4.78, 5) is 65.1. The van der Waals surface area contributed by atoms with E-state index in [1.165, 1.54) is 14.0 Å². The molecule has 14 heteroatoms. The quantitative estimate of drug-likeness (QED) is 0.165. The molecule has 0 spiro atoms. The number of methoxy groups -OCH3 is 2. The van der Waals surface area contributed by atoms with Crippen molar-refractivity contribution in [1.82, 2.24) is 14.8 Å². The van der Waals surface area contributed by atoms with Gasteiger partial charge in [-0.3, -0.25) is 19.4 Å². The number of aliphatic hydroxyl groups excluding tert-OH is 1. The van der Waals surface area contributed by atoms with Crippen LogP contribution in [0.3, 0.4) is 0 Å². The molecule has 4 heterocycles. The van der Waals surface area contributed by atoms with Gasteiger partial charge in [-0.2, -0.15) is 0 Å². The van der Waals surface area contributed by atoms with Gasteiger partial charge in [-0.25, -0.2) is 4.79 Å². The van der Waals surface area contributed by atoms with Gasteiger partial charge in [0.25, 0.3) is 0 Å². The van der Waals surface area contributed by atoms with Crippen molar-refractivity contribution < 1.29 is 52.7 Å². The third-order valence-corrected chi connectivity index (χ3v) is 13.3. The van der Waals surface area contributed by atoms with Crippen LogP contribution in [0.15, 0.2) is 30.5 Å². The van der Waals surface area contributed by atoms with Gasteiger partial charge in [0, 0.05) is 49.0 Å². The van der Waals surface area contributed by atoms with Crippen LogP contribution in [0.25, 0.3) is 10.9 Å². The van der Waals surface area contributed by atoms with Crippen molar-refractivity contribution in [3.63, 3.8) is 0 Å². The highest BCUT2D eigenvalue weighted by molar-refractivity contribution is 6.00. The first kappa shape index (κ1) is 46.4. The molecule has 0 radical (unpaired) electrons. The zero-order valence-electron chi connectivity index (χ0n) is 37.1. The number of carbonyl (C=O) groups is 4. The van der Waals surface area contributed by atoms with Gasteiger partial charge in [0.05, 0.1) is 31.0 Å². The number of likely N-dealkylation sites (N-methyl/N-ethyl adjacent to an activating group) is 1. The highest BCUT2D eigenvalue weighted by Crippen LogP contribution is 2.43. The largest absolute Gasteiger partial charge is 0.494 e. The van der Waals surface area contributed by atoms with Crippen LogP contribution in [0.4, 0.5) is 4.79 Å². The molecule has 3 aliphatic heterocycles. The minimum Gasteiger partial charge on any atom is -0.494 e. The highest BCUT2D eigenvalue weighted by atomic mass is 16.7. The Hall–Kier alpha value is -3.69. The maximum Gasteiger partial charge on any atom is 0.410 e. The molecule has 1 unspecified atom stereocenters. The van der Waals surface area contributed by atoms with E-state index in [-0.39, 0.29) is 30.8 Å². The summed E-state index contributed by atoms with van der Waals surface area (Å²) < 4.78 is 36.8. The monoisotopic (exact) mass is 825 g/mol. The van der Waals surface area contributed by atoms with E-state index in [0.29, 0.717) is 25.1 Å². The Bertz CT molecular complexity index is 1820. The van der Waals surface area contributed by atoms with Crippen molar-refractivity contribution in [3.8, 4) is 5.75 Å². The maximum atomic E-state index is 14.8. The topological polar surface area (TPSA) is 163 Å². The second-order valence-corrected chi connectivity index (χ2v) is 17.7. The smallest absolute Gasteiger partial charge is 0.410 e. The second-order valence-electron chi connectivity index (χ2n) is 17.7. The number of rotatable bonds is 11. The number of aliphatic hydroxyl groups is 1. The number of Topliss-reactive ketones (excluding diaryl/α,β-unsaturated/α-hetero) is 2. The lowest BCUT2D eigenvalue weighted by atomic mass is 9.73. The summed E-state index contributed by atoms with van der Waals surface area (Å²) >= 11 is 0. The lowest BCUT2D eigenvalue weighted by molar-refractivity contribution is -0.295. The normalized spacial score (nSPS) is 36.3. The summed E-state index contributed by atoms with van der Waals surface area (Å²) in [6.45, 7) is 14.3. The molecular weight excluding hydrogens is 759 g/mol. The molecule has 328 valence electrons. The maximum absolute atomic E-state index is 14.8. The summed E-state index contributed by atoms with van der Waals surface area (Å²) in [5.41, 5.74) is -0.786. The zero-order chi connectivity index (χ0) is 43.6. The molecule has 1 aromatic heterocycles. The summed E-state index contributed by atoms with van der Waals surface area (Å²) in [6, 6.07) is 6.75. The second kappa shape index (κ2) is 18.9. The Kier molecular flexibility index (Phi) is 14.9. The van der Waals surface area contributed by atoms with Crippen LogP contribution < -0.4 is 4.74 Å². The van der Waals surface area contributed by atoms with Gasteiger partial charge in [-0.05, 0) is 98.0 Å². The van der Waals surface area contributed by atoms with E-state index in [0.717, 1.165) is 29.3 Å². The van der Waals surface area contributed by atoms with E-state index >= 15 is 0 Å². The van der Waals surface area contributed by atoms with E-state index in [9.17, 15) is 24.3 Å². The summed E-state index contributed by atoms with van der Waals surface area (Å²) in [5, 5.41) is 12.5. The summed E-state index contributed by atoms with van der Waals surface area (Å²) in [6.07, 6.45) is -0.242. The number of hydrogen-bond acceptors (Lipinski definition) is 13. The van der Waals surface area contributed by atoms with E-state index in [1.54, 1.807) is 45.9 Å². The van der Waals surface area contributed by atoms with Crippen LogP contribution in [0.1, 0.15) is 93.1 Å². The SMILES string of the molecule is CCC1OC(=O)[C@H](C)C(=O)[C@H](C)[C@@H](O[C@@H]2O[C@H](C)C[C@H](N(C)C)[C@H]2O)[C@](C)(OC)C[C@@H](C)C(=O)[C@H](C)[C@H]2N(CCCCc3ccnc4c(OC)cccc34)C(=O)O[C@]12C. The van der Waals surface area contributed by atoms with Gasteiger partial charge in [0.1, 0.15) is 35.2 Å². The number of aromatic nitrogens is 1. The van der Waals surface area contributed by atoms with Gasteiger partial charge in [-0.1, -0.05) is 39.8 Å². The molecular formula is C45H67N3O11. The van der Waals surface area contributed by atoms with Crippen LogP contribution in [0.2, 0.25) is 0 Å². The Balaban J connectivity index is 1.46. The Morgan fingerprint density at radius 2 is 1.69 bits per heavy atom. The molecule has 3 fully saturated rings. The summed E-state index contributed by atoms with van der Waals surface area (Å²) in [7, 11) is 6.87. The van der Waals surface area contributed by atoms with Crippen LogP contribution in [0, 0.1) is 23.7 Å². The van der Waals surface area contributed by atoms with Crippen molar-refractivity contribution in [3.05, 3.63) is 36.0 Å². The first-order chi connectivity index (χ1) is 27.8. The molecule has 0 saturated carbocycles. The number of aryl methyl sites for hydroxylation is 1. The molecule has 3 aliphatic rings. The first-order valence-electron chi connectivity index (χ1n) is 21.2.